The molecule has 1 amide bonds. The zero-order valence-corrected chi connectivity index (χ0v) is 9.67. The van der Waals surface area contributed by atoms with Gasteiger partial charge in [-0.05, 0) is 51.1 Å². The molecule has 1 atom stereocenters. The second kappa shape index (κ2) is 4.97. The molecule has 1 aliphatic heterocycles. The Kier molecular flexibility index (Phi) is 3.62. The quantitative estimate of drug-likeness (QED) is 0.740. The van der Waals surface area contributed by atoms with Gasteiger partial charge in [0.1, 0.15) is 0 Å². The van der Waals surface area contributed by atoms with Crippen molar-refractivity contribution in [2.45, 2.75) is 32.1 Å². The molecule has 1 saturated carbocycles. The molecule has 0 spiro atoms. The molecule has 3 heteroatoms. The van der Waals surface area contributed by atoms with E-state index in [-0.39, 0.29) is 0 Å². The van der Waals surface area contributed by atoms with Gasteiger partial charge in [0, 0.05) is 19.5 Å². The van der Waals surface area contributed by atoms with E-state index >= 15 is 0 Å². The SMILES string of the molecule is CN(CCCC1CCNC1)C(=O)C1CC1. The van der Waals surface area contributed by atoms with Gasteiger partial charge in [-0.2, -0.15) is 0 Å². The molecule has 1 heterocycles. The van der Waals surface area contributed by atoms with Crippen LogP contribution in [-0.4, -0.2) is 37.5 Å². The van der Waals surface area contributed by atoms with Crippen LogP contribution in [-0.2, 0) is 4.79 Å². The van der Waals surface area contributed by atoms with Gasteiger partial charge in [0.2, 0.25) is 5.91 Å². The molecule has 15 heavy (non-hydrogen) atoms. The van der Waals surface area contributed by atoms with Crippen LogP contribution in [0.15, 0.2) is 0 Å². The van der Waals surface area contributed by atoms with Crippen molar-refractivity contribution in [1.29, 1.82) is 0 Å². The van der Waals surface area contributed by atoms with Gasteiger partial charge in [0.05, 0.1) is 0 Å². The summed E-state index contributed by atoms with van der Waals surface area (Å²) in [6, 6.07) is 0. The molecular formula is C12H22N2O. The smallest absolute Gasteiger partial charge is 0.225 e. The molecule has 3 nitrogen and oxygen atoms in total. The Hall–Kier alpha value is -0.570. The highest BCUT2D eigenvalue weighted by Gasteiger charge is 2.31. The van der Waals surface area contributed by atoms with Crippen molar-refractivity contribution in [3.63, 3.8) is 0 Å². The molecule has 0 radical (unpaired) electrons. The van der Waals surface area contributed by atoms with Crippen LogP contribution >= 0.6 is 0 Å². The summed E-state index contributed by atoms with van der Waals surface area (Å²) in [6.45, 7) is 3.31. The molecule has 2 rings (SSSR count). The minimum absolute atomic E-state index is 0.375. The molecule has 1 aliphatic carbocycles. The van der Waals surface area contributed by atoms with Crippen molar-refractivity contribution in [2.24, 2.45) is 11.8 Å². The largest absolute Gasteiger partial charge is 0.346 e. The summed E-state index contributed by atoms with van der Waals surface area (Å²) < 4.78 is 0. The lowest BCUT2D eigenvalue weighted by atomic mass is 10.0. The zero-order chi connectivity index (χ0) is 10.7. The van der Waals surface area contributed by atoms with Gasteiger partial charge >= 0.3 is 0 Å². The summed E-state index contributed by atoms with van der Waals surface area (Å²) in [5, 5.41) is 3.38. The number of amides is 1. The summed E-state index contributed by atoms with van der Waals surface area (Å²) in [5.74, 6) is 1.61. The molecule has 1 unspecified atom stereocenters. The normalized spacial score (nSPS) is 25.5. The molecule has 0 aromatic rings. The zero-order valence-electron chi connectivity index (χ0n) is 9.67. The minimum atomic E-state index is 0.375. The first-order valence-corrected chi connectivity index (χ1v) is 6.23. The van der Waals surface area contributed by atoms with E-state index in [0.717, 1.165) is 25.3 Å². The Morgan fingerprint density at radius 1 is 1.40 bits per heavy atom. The van der Waals surface area contributed by atoms with E-state index in [0.29, 0.717) is 11.8 Å². The Morgan fingerprint density at radius 2 is 2.20 bits per heavy atom. The first kappa shape index (κ1) is 10.9. The van der Waals surface area contributed by atoms with E-state index in [1.807, 2.05) is 11.9 Å². The Morgan fingerprint density at radius 3 is 2.80 bits per heavy atom. The lowest BCUT2D eigenvalue weighted by molar-refractivity contribution is -0.131. The molecule has 86 valence electrons. The average Bonchev–Trinajstić information content (AvgIpc) is 2.96. The predicted molar refractivity (Wildman–Crippen MR) is 60.6 cm³/mol. The maximum atomic E-state index is 11.6. The minimum Gasteiger partial charge on any atom is -0.346 e. The van der Waals surface area contributed by atoms with Crippen molar-refractivity contribution in [1.82, 2.24) is 10.2 Å². The third-order valence-corrected chi connectivity index (χ3v) is 3.57. The van der Waals surface area contributed by atoms with Crippen LogP contribution in [0.1, 0.15) is 32.1 Å². The standard InChI is InChI=1S/C12H22N2O/c1-14(12(15)11-4-5-11)8-2-3-10-6-7-13-9-10/h10-11,13H,2-9H2,1H3. The first-order chi connectivity index (χ1) is 7.27. The number of nitrogens with zero attached hydrogens (tertiary/aromatic N) is 1. The van der Waals surface area contributed by atoms with Gasteiger partial charge in [-0.25, -0.2) is 0 Å². The van der Waals surface area contributed by atoms with E-state index in [1.54, 1.807) is 0 Å². The molecule has 0 aromatic heterocycles. The Balaban J connectivity index is 1.57. The highest BCUT2D eigenvalue weighted by atomic mass is 16.2. The van der Waals surface area contributed by atoms with E-state index < -0.39 is 0 Å². The summed E-state index contributed by atoms with van der Waals surface area (Å²) in [6.07, 6.45) is 6.00. The van der Waals surface area contributed by atoms with Crippen LogP contribution in [0.3, 0.4) is 0 Å². The fourth-order valence-corrected chi connectivity index (χ4v) is 2.33. The van der Waals surface area contributed by atoms with Crippen LogP contribution < -0.4 is 5.32 Å². The molecule has 0 bridgehead atoms. The van der Waals surface area contributed by atoms with E-state index in [9.17, 15) is 4.79 Å². The number of hydrogen-bond donors (Lipinski definition) is 1. The Bertz CT molecular complexity index is 220. The number of carbonyl (C=O) groups excluding carboxylic acids is 1. The topological polar surface area (TPSA) is 32.3 Å². The highest BCUT2D eigenvalue weighted by molar-refractivity contribution is 5.80. The number of nitrogens with one attached hydrogen (secondary N) is 1. The second-order valence-electron chi connectivity index (χ2n) is 5.04. The van der Waals surface area contributed by atoms with Crippen molar-refractivity contribution in [3.05, 3.63) is 0 Å². The lowest BCUT2D eigenvalue weighted by Crippen LogP contribution is -2.29. The van der Waals surface area contributed by atoms with Crippen molar-refractivity contribution < 1.29 is 4.79 Å². The molecule has 2 aliphatic rings. The monoisotopic (exact) mass is 210 g/mol. The van der Waals surface area contributed by atoms with E-state index in [4.69, 9.17) is 0 Å². The van der Waals surface area contributed by atoms with Crippen molar-refractivity contribution >= 4 is 5.91 Å². The maximum Gasteiger partial charge on any atom is 0.225 e. The Labute approximate surface area is 92.2 Å². The second-order valence-corrected chi connectivity index (χ2v) is 5.04. The number of carbonyl (C=O) groups is 1. The molecule has 1 saturated heterocycles. The third kappa shape index (κ3) is 3.20. The first-order valence-electron chi connectivity index (χ1n) is 6.23. The number of rotatable bonds is 5. The molecule has 0 aromatic carbocycles. The average molecular weight is 210 g/mol. The highest BCUT2D eigenvalue weighted by Crippen LogP contribution is 2.30. The molecule has 1 N–H and O–H groups in total. The maximum absolute atomic E-state index is 11.6. The lowest BCUT2D eigenvalue weighted by Gasteiger charge is -2.17. The van der Waals surface area contributed by atoms with E-state index in [1.165, 1.54) is 32.4 Å². The fourth-order valence-electron chi connectivity index (χ4n) is 2.33. The third-order valence-electron chi connectivity index (χ3n) is 3.57. The van der Waals surface area contributed by atoms with Gasteiger partial charge in [0.25, 0.3) is 0 Å². The number of hydrogen-bond acceptors (Lipinski definition) is 2. The molecule has 2 fully saturated rings. The van der Waals surface area contributed by atoms with Crippen LogP contribution in [0, 0.1) is 11.8 Å². The van der Waals surface area contributed by atoms with Crippen LogP contribution in [0.2, 0.25) is 0 Å². The van der Waals surface area contributed by atoms with Crippen LogP contribution in [0.5, 0.6) is 0 Å². The van der Waals surface area contributed by atoms with Gasteiger partial charge in [-0.3, -0.25) is 4.79 Å². The van der Waals surface area contributed by atoms with Gasteiger partial charge in [0.15, 0.2) is 0 Å². The van der Waals surface area contributed by atoms with Gasteiger partial charge < -0.3 is 10.2 Å². The van der Waals surface area contributed by atoms with Crippen molar-refractivity contribution in [3.8, 4) is 0 Å². The summed E-state index contributed by atoms with van der Waals surface area (Å²) in [7, 11) is 1.95. The van der Waals surface area contributed by atoms with Crippen LogP contribution in [0.25, 0.3) is 0 Å². The van der Waals surface area contributed by atoms with Crippen LogP contribution in [0.4, 0.5) is 0 Å². The summed E-state index contributed by atoms with van der Waals surface area (Å²) in [4.78, 5) is 13.6. The van der Waals surface area contributed by atoms with Crippen molar-refractivity contribution in [2.75, 3.05) is 26.7 Å². The summed E-state index contributed by atoms with van der Waals surface area (Å²) >= 11 is 0. The predicted octanol–water partition coefficient (Wildman–Crippen LogP) is 1.24. The van der Waals surface area contributed by atoms with E-state index in [2.05, 4.69) is 5.32 Å². The van der Waals surface area contributed by atoms with Gasteiger partial charge in [-0.1, -0.05) is 0 Å². The molecular weight excluding hydrogens is 188 g/mol. The fraction of sp³-hybridized carbons (Fsp3) is 0.917. The summed E-state index contributed by atoms with van der Waals surface area (Å²) in [5.41, 5.74) is 0. The van der Waals surface area contributed by atoms with Gasteiger partial charge in [-0.15, -0.1) is 0 Å².